The highest BCUT2D eigenvalue weighted by molar-refractivity contribution is 5.93. The topological polar surface area (TPSA) is 131 Å². The molecule has 1 aliphatic heterocycles. The molecule has 2 aromatic carbocycles. The number of nitro benzene ring substituents is 1. The minimum atomic E-state index is -1.67. The highest BCUT2D eigenvalue weighted by atomic mass is 19.2. The van der Waals surface area contributed by atoms with Gasteiger partial charge in [0, 0.05) is 25.2 Å². The first-order chi connectivity index (χ1) is 16.2. The van der Waals surface area contributed by atoms with Gasteiger partial charge < -0.3 is 20.1 Å². The van der Waals surface area contributed by atoms with E-state index in [0.717, 1.165) is 24.5 Å². The lowest BCUT2D eigenvalue weighted by atomic mass is 9.98. The number of likely N-dealkylation sites (tertiary alicyclic amines) is 1. The fourth-order valence-electron chi connectivity index (χ4n) is 3.68. The summed E-state index contributed by atoms with van der Waals surface area (Å²) in [5, 5.41) is 23.4. The van der Waals surface area contributed by atoms with Crippen LogP contribution in [0.1, 0.15) is 12.8 Å². The third-order valence-electron chi connectivity index (χ3n) is 5.56. The van der Waals surface area contributed by atoms with Crippen molar-refractivity contribution in [2.75, 3.05) is 25.0 Å². The Hall–Kier alpha value is -4.16. The van der Waals surface area contributed by atoms with E-state index in [4.69, 9.17) is 9.84 Å². The molecular formula is C21H18F3N5O5. The zero-order valence-electron chi connectivity index (χ0n) is 17.5. The lowest BCUT2D eigenvalue weighted by molar-refractivity contribution is -0.385. The molecule has 13 heteroatoms. The summed E-state index contributed by atoms with van der Waals surface area (Å²) in [5.74, 6) is -4.56. The van der Waals surface area contributed by atoms with E-state index in [-0.39, 0.29) is 40.7 Å². The van der Waals surface area contributed by atoms with Crippen LogP contribution in [0.15, 0.2) is 30.6 Å². The first-order valence-corrected chi connectivity index (χ1v) is 10.2. The maximum absolute atomic E-state index is 14.1. The van der Waals surface area contributed by atoms with E-state index in [9.17, 15) is 28.1 Å². The Morgan fingerprint density at radius 2 is 1.94 bits per heavy atom. The van der Waals surface area contributed by atoms with Gasteiger partial charge in [0.2, 0.25) is 0 Å². The van der Waals surface area contributed by atoms with Crippen molar-refractivity contribution in [2.24, 2.45) is 5.92 Å². The minimum Gasteiger partial charge on any atom is -0.486 e. The number of carboxylic acid groups (broad SMARTS) is 1. The summed E-state index contributed by atoms with van der Waals surface area (Å²) in [6.07, 6.45) is 1.25. The minimum absolute atomic E-state index is 0.0184. The number of aromatic nitrogens is 2. The summed E-state index contributed by atoms with van der Waals surface area (Å²) >= 11 is 0. The Bertz CT molecular complexity index is 1270. The smallest absolute Gasteiger partial charge is 0.407 e. The summed E-state index contributed by atoms with van der Waals surface area (Å²) in [4.78, 5) is 31.4. The number of piperidine rings is 1. The molecule has 4 rings (SSSR count). The molecule has 1 fully saturated rings. The van der Waals surface area contributed by atoms with Gasteiger partial charge in [-0.2, -0.15) is 0 Å². The summed E-state index contributed by atoms with van der Waals surface area (Å²) in [6.45, 7) is 0.855. The van der Waals surface area contributed by atoms with Gasteiger partial charge >= 0.3 is 11.8 Å². The van der Waals surface area contributed by atoms with Crippen LogP contribution >= 0.6 is 0 Å². The summed E-state index contributed by atoms with van der Waals surface area (Å²) in [7, 11) is 0. The van der Waals surface area contributed by atoms with E-state index in [0.29, 0.717) is 25.9 Å². The van der Waals surface area contributed by atoms with Gasteiger partial charge in [0.1, 0.15) is 12.1 Å². The van der Waals surface area contributed by atoms with Crippen molar-refractivity contribution >= 4 is 34.2 Å². The predicted molar refractivity (Wildman–Crippen MR) is 114 cm³/mol. The van der Waals surface area contributed by atoms with Gasteiger partial charge in [-0.1, -0.05) is 0 Å². The maximum atomic E-state index is 14.1. The molecule has 0 bridgehead atoms. The van der Waals surface area contributed by atoms with E-state index in [1.54, 1.807) is 0 Å². The Labute approximate surface area is 190 Å². The van der Waals surface area contributed by atoms with Gasteiger partial charge in [-0.3, -0.25) is 10.1 Å². The number of nitrogens with one attached hydrogen (secondary N) is 1. The molecule has 10 nitrogen and oxygen atoms in total. The molecule has 0 radical (unpaired) electrons. The first kappa shape index (κ1) is 23.0. The molecule has 1 saturated heterocycles. The van der Waals surface area contributed by atoms with Crippen LogP contribution in [-0.4, -0.2) is 50.7 Å². The second-order valence-electron chi connectivity index (χ2n) is 7.69. The van der Waals surface area contributed by atoms with Crippen molar-refractivity contribution in [1.29, 1.82) is 0 Å². The molecule has 2 heterocycles. The van der Waals surface area contributed by atoms with Gasteiger partial charge in [-0.05, 0) is 30.9 Å². The monoisotopic (exact) mass is 477 g/mol. The number of fused-ring (bicyclic) bond motifs is 1. The molecule has 178 valence electrons. The van der Waals surface area contributed by atoms with Crippen LogP contribution in [0.2, 0.25) is 0 Å². The van der Waals surface area contributed by atoms with Crippen molar-refractivity contribution < 1.29 is 32.7 Å². The summed E-state index contributed by atoms with van der Waals surface area (Å²) in [5.41, 5.74) is -0.560. The Morgan fingerprint density at radius 1 is 1.21 bits per heavy atom. The molecule has 0 aliphatic carbocycles. The van der Waals surface area contributed by atoms with Gasteiger partial charge in [-0.25, -0.2) is 27.9 Å². The summed E-state index contributed by atoms with van der Waals surface area (Å²) < 4.78 is 46.6. The van der Waals surface area contributed by atoms with Crippen LogP contribution in [0.4, 0.5) is 35.2 Å². The van der Waals surface area contributed by atoms with E-state index >= 15 is 0 Å². The zero-order valence-corrected chi connectivity index (χ0v) is 17.5. The number of benzene rings is 2. The number of ether oxygens (including phenoxy) is 1. The van der Waals surface area contributed by atoms with Crippen LogP contribution in [0.25, 0.3) is 10.9 Å². The number of carbonyl (C=O) groups is 1. The van der Waals surface area contributed by atoms with Crippen LogP contribution in [0.3, 0.4) is 0 Å². The normalized spacial score (nSPS) is 14.3. The van der Waals surface area contributed by atoms with Crippen LogP contribution in [0.5, 0.6) is 5.75 Å². The highest BCUT2D eigenvalue weighted by Crippen LogP contribution is 2.35. The Kier molecular flexibility index (Phi) is 6.34. The number of rotatable bonds is 6. The quantitative estimate of drug-likeness (QED) is 0.302. The van der Waals surface area contributed by atoms with E-state index < -0.39 is 34.2 Å². The van der Waals surface area contributed by atoms with Gasteiger partial charge in [0.25, 0.3) is 0 Å². The van der Waals surface area contributed by atoms with Crippen LogP contribution < -0.4 is 10.1 Å². The second kappa shape index (κ2) is 9.37. The van der Waals surface area contributed by atoms with Gasteiger partial charge in [0.05, 0.1) is 28.1 Å². The number of hydrogen-bond donors (Lipinski definition) is 2. The SMILES string of the molecule is O=C(O)N1CCC(COc2cc3ncnc(Nc4ccc(F)c(F)c4F)c3cc2[N+](=O)[O-])CC1. The van der Waals surface area contributed by atoms with Crippen molar-refractivity contribution in [1.82, 2.24) is 14.9 Å². The van der Waals surface area contributed by atoms with E-state index in [1.165, 1.54) is 11.0 Å². The van der Waals surface area contributed by atoms with Crippen molar-refractivity contribution in [3.05, 3.63) is 58.2 Å². The molecule has 1 aliphatic rings. The standard InChI is InChI=1S/C21H18F3N5O5/c22-13-1-2-14(19(24)18(13)23)27-20-12-7-16(29(32)33)17(8-15(12)25-10-26-20)34-9-11-3-5-28(6-4-11)21(30)31/h1-2,7-8,10-11H,3-6,9H2,(H,30,31)(H,25,26,27). The van der Waals surface area contributed by atoms with E-state index in [1.807, 2.05) is 0 Å². The number of hydrogen-bond acceptors (Lipinski definition) is 7. The molecular weight excluding hydrogens is 459 g/mol. The maximum Gasteiger partial charge on any atom is 0.407 e. The first-order valence-electron chi connectivity index (χ1n) is 10.2. The number of nitro groups is 1. The van der Waals surface area contributed by atoms with E-state index in [2.05, 4.69) is 15.3 Å². The molecule has 34 heavy (non-hydrogen) atoms. The average molecular weight is 477 g/mol. The Morgan fingerprint density at radius 3 is 2.62 bits per heavy atom. The highest BCUT2D eigenvalue weighted by Gasteiger charge is 2.25. The largest absolute Gasteiger partial charge is 0.486 e. The second-order valence-corrected chi connectivity index (χ2v) is 7.69. The zero-order chi connectivity index (χ0) is 24.4. The van der Waals surface area contributed by atoms with Gasteiger partial charge in [0.15, 0.2) is 23.2 Å². The molecule has 0 spiro atoms. The third-order valence-corrected chi connectivity index (χ3v) is 5.56. The lowest BCUT2D eigenvalue weighted by Gasteiger charge is -2.29. The molecule has 2 N–H and O–H groups in total. The van der Waals surface area contributed by atoms with Crippen LogP contribution in [-0.2, 0) is 0 Å². The molecule has 0 atom stereocenters. The van der Waals surface area contributed by atoms with Crippen molar-refractivity contribution in [3.63, 3.8) is 0 Å². The van der Waals surface area contributed by atoms with Crippen molar-refractivity contribution in [2.45, 2.75) is 12.8 Å². The lowest BCUT2D eigenvalue weighted by Crippen LogP contribution is -2.38. The molecule has 0 unspecified atom stereocenters. The van der Waals surface area contributed by atoms with Crippen LogP contribution in [0, 0.1) is 33.5 Å². The molecule has 0 saturated carbocycles. The molecule has 1 amide bonds. The average Bonchev–Trinajstić information content (AvgIpc) is 2.82. The number of amides is 1. The Balaban J connectivity index is 1.59. The number of anilines is 2. The fourth-order valence-corrected chi connectivity index (χ4v) is 3.68. The number of halogens is 3. The third kappa shape index (κ3) is 4.63. The summed E-state index contributed by atoms with van der Waals surface area (Å²) in [6, 6.07) is 4.20. The predicted octanol–water partition coefficient (Wildman–Crippen LogP) is 4.47. The molecule has 3 aromatic rings. The fraction of sp³-hybridized carbons (Fsp3) is 0.286. The van der Waals surface area contributed by atoms with Crippen molar-refractivity contribution in [3.8, 4) is 5.75 Å². The molecule has 1 aromatic heterocycles. The number of nitrogens with zero attached hydrogens (tertiary/aromatic N) is 4. The van der Waals surface area contributed by atoms with Gasteiger partial charge in [-0.15, -0.1) is 0 Å².